The molecule has 0 spiro atoms. The van der Waals surface area contributed by atoms with E-state index in [9.17, 15) is 9.59 Å². The molecule has 0 atom stereocenters. The maximum absolute atomic E-state index is 11.9. The highest BCUT2D eigenvalue weighted by molar-refractivity contribution is 9.10. The molecular weight excluding hydrogens is 360 g/mol. The lowest BCUT2D eigenvalue weighted by Gasteiger charge is -2.08. The summed E-state index contributed by atoms with van der Waals surface area (Å²) >= 11 is 3.36. The van der Waals surface area contributed by atoms with Crippen LogP contribution in [-0.2, 0) is 4.79 Å². The summed E-state index contributed by atoms with van der Waals surface area (Å²) in [6, 6.07) is 14.2. The number of hydrogen-bond donors (Lipinski definition) is 2. The average molecular weight is 377 g/mol. The molecule has 0 aliphatic heterocycles. The first kappa shape index (κ1) is 17.0. The van der Waals surface area contributed by atoms with Gasteiger partial charge in [-0.15, -0.1) is 0 Å². The number of hydrogen-bond acceptors (Lipinski definition) is 3. The van der Waals surface area contributed by atoms with Crippen LogP contribution in [0.2, 0.25) is 0 Å². The number of ether oxygens (including phenoxy) is 1. The third-order valence-electron chi connectivity index (χ3n) is 3.05. The van der Waals surface area contributed by atoms with Gasteiger partial charge in [-0.2, -0.15) is 0 Å². The Kier molecular flexibility index (Phi) is 6.17. The van der Waals surface area contributed by atoms with Crippen LogP contribution < -0.4 is 15.4 Å². The molecule has 0 unspecified atom stereocenters. The van der Waals surface area contributed by atoms with Gasteiger partial charge in [-0.05, 0) is 42.5 Å². The summed E-state index contributed by atoms with van der Waals surface area (Å²) in [5.74, 6) is 0.403. The van der Waals surface area contributed by atoms with Crippen LogP contribution in [0.5, 0.6) is 5.75 Å². The van der Waals surface area contributed by atoms with Gasteiger partial charge in [0.05, 0.1) is 13.0 Å². The summed E-state index contributed by atoms with van der Waals surface area (Å²) in [7, 11) is 1.57. The second kappa shape index (κ2) is 8.33. The lowest BCUT2D eigenvalue weighted by atomic mass is 10.2. The van der Waals surface area contributed by atoms with E-state index in [1.165, 1.54) is 0 Å². The van der Waals surface area contributed by atoms with Gasteiger partial charge in [0.15, 0.2) is 0 Å². The molecule has 0 aliphatic rings. The van der Waals surface area contributed by atoms with E-state index in [-0.39, 0.29) is 18.2 Å². The van der Waals surface area contributed by atoms with Gasteiger partial charge in [0.25, 0.3) is 5.91 Å². The number of amides is 2. The fourth-order valence-corrected chi connectivity index (χ4v) is 2.27. The molecular formula is C17H17BrN2O3. The molecule has 2 N–H and O–H groups in total. The first-order valence-electron chi connectivity index (χ1n) is 7.09. The van der Waals surface area contributed by atoms with Crippen LogP contribution in [0.15, 0.2) is 53.0 Å². The van der Waals surface area contributed by atoms with Crippen molar-refractivity contribution < 1.29 is 14.3 Å². The third-order valence-corrected chi connectivity index (χ3v) is 3.55. The summed E-state index contributed by atoms with van der Waals surface area (Å²) < 4.78 is 6.44. The van der Waals surface area contributed by atoms with Crippen molar-refractivity contribution in [1.82, 2.24) is 5.32 Å². The summed E-state index contributed by atoms with van der Waals surface area (Å²) in [4.78, 5) is 23.3. The standard InChI is InChI=1S/C17H17BrN2O3/c1-19-17(22)12-5-7-14(8-6-12)20-16(21)9-10-23-15-4-2-3-13(18)11-15/h2-8,11H,9-10H2,1H3,(H,19,22)(H,20,21). The summed E-state index contributed by atoms with van der Waals surface area (Å²) in [6.07, 6.45) is 0.240. The fraction of sp³-hybridized carbons (Fsp3) is 0.176. The van der Waals surface area contributed by atoms with E-state index in [2.05, 4.69) is 26.6 Å². The number of anilines is 1. The summed E-state index contributed by atoms with van der Waals surface area (Å²) in [5, 5.41) is 5.31. The van der Waals surface area contributed by atoms with E-state index in [0.29, 0.717) is 23.6 Å². The van der Waals surface area contributed by atoms with Crippen molar-refractivity contribution in [2.75, 3.05) is 19.0 Å². The Morgan fingerprint density at radius 1 is 1.13 bits per heavy atom. The van der Waals surface area contributed by atoms with Crippen molar-refractivity contribution in [3.05, 3.63) is 58.6 Å². The molecule has 0 heterocycles. The molecule has 2 amide bonds. The molecule has 6 heteroatoms. The highest BCUT2D eigenvalue weighted by atomic mass is 79.9. The van der Waals surface area contributed by atoms with Crippen molar-refractivity contribution in [3.8, 4) is 5.75 Å². The number of halogens is 1. The van der Waals surface area contributed by atoms with E-state index in [1.807, 2.05) is 24.3 Å². The van der Waals surface area contributed by atoms with Gasteiger partial charge >= 0.3 is 0 Å². The minimum atomic E-state index is -0.162. The SMILES string of the molecule is CNC(=O)c1ccc(NC(=O)CCOc2cccc(Br)c2)cc1. The maximum atomic E-state index is 11.9. The molecule has 2 aromatic carbocycles. The van der Waals surface area contributed by atoms with Gasteiger partial charge in [0.1, 0.15) is 5.75 Å². The lowest BCUT2D eigenvalue weighted by molar-refractivity contribution is -0.116. The monoisotopic (exact) mass is 376 g/mol. The van der Waals surface area contributed by atoms with E-state index < -0.39 is 0 Å². The normalized spacial score (nSPS) is 10.0. The molecule has 0 saturated heterocycles. The van der Waals surface area contributed by atoms with E-state index in [0.717, 1.165) is 4.47 Å². The zero-order chi connectivity index (χ0) is 16.7. The molecule has 2 aromatic rings. The Labute approximate surface area is 143 Å². The number of rotatable bonds is 6. The van der Waals surface area contributed by atoms with E-state index in [4.69, 9.17) is 4.74 Å². The molecule has 0 aromatic heterocycles. The number of carbonyl (C=O) groups excluding carboxylic acids is 2. The fourth-order valence-electron chi connectivity index (χ4n) is 1.89. The van der Waals surface area contributed by atoms with Crippen LogP contribution in [0.25, 0.3) is 0 Å². The second-order valence-corrected chi connectivity index (χ2v) is 5.68. The number of nitrogens with one attached hydrogen (secondary N) is 2. The zero-order valence-corrected chi connectivity index (χ0v) is 14.2. The van der Waals surface area contributed by atoms with Crippen LogP contribution in [0.4, 0.5) is 5.69 Å². The van der Waals surface area contributed by atoms with Gasteiger partial charge in [0, 0.05) is 22.8 Å². The van der Waals surface area contributed by atoms with Crippen molar-refractivity contribution in [2.45, 2.75) is 6.42 Å². The minimum absolute atomic E-state index is 0.146. The molecule has 0 radical (unpaired) electrons. The predicted octanol–water partition coefficient (Wildman–Crippen LogP) is 3.22. The van der Waals surface area contributed by atoms with Gasteiger partial charge < -0.3 is 15.4 Å². The molecule has 0 fully saturated rings. The first-order chi connectivity index (χ1) is 11.1. The van der Waals surface area contributed by atoms with Gasteiger partial charge in [-0.25, -0.2) is 0 Å². The van der Waals surface area contributed by atoms with E-state index >= 15 is 0 Å². The smallest absolute Gasteiger partial charge is 0.251 e. The molecule has 0 saturated carbocycles. The summed E-state index contributed by atoms with van der Waals surface area (Å²) in [6.45, 7) is 0.290. The molecule has 0 bridgehead atoms. The molecule has 120 valence electrons. The molecule has 2 rings (SSSR count). The van der Waals surface area contributed by atoms with Crippen molar-refractivity contribution in [1.29, 1.82) is 0 Å². The third kappa shape index (κ3) is 5.41. The molecule has 0 aliphatic carbocycles. The van der Waals surface area contributed by atoms with Crippen LogP contribution in [0, 0.1) is 0 Å². The maximum Gasteiger partial charge on any atom is 0.251 e. The zero-order valence-electron chi connectivity index (χ0n) is 12.6. The van der Waals surface area contributed by atoms with Gasteiger partial charge in [-0.1, -0.05) is 22.0 Å². The first-order valence-corrected chi connectivity index (χ1v) is 7.88. The van der Waals surface area contributed by atoms with Crippen molar-refractivity contribution in [3.63, 3.8) is 0 Å². The van der Waals surface area contributed by atoms with Gasteiger partial charge in [-0.3, -0.25) is 9.59 Å². The predicted molar refractivity (Wildman–Crippen MR) is 92.7 cm³/mol. The highest BCUT2D eigenvalue weighted by Crippen LogP contribution is 2.18. The van der Waals surface area contributed by atoms with Crippen molar-refractivity contribution in [2.24, 2.45) is 0 Å². The van der Waals surface area contributed by atoms with Crippen LogP contribution in [0.3, 0.4) is 0 Å². The Hall–Kier alpha value is -2.34. The van der Waals surface area contributed by atoms with Gasteiger partial charge in [0.2, 0.25) is 5.91 Å². The second-order valence-electron chi connectivity index (χ2n) is 4.76. The largest absolute Gasteiger partial charge is 0.493 e. The Bertz CT molecular complexity index is 686. The quantitative estimate of drug-likeness (QED) is 0.813. The Morgan fingerprint density at radius 2 is 1.87 bits per heavy atom. The molecule has 5 nitrogen and oxygen atoms in total. The van der Waals surface area contributed by atoms with Crippen LogP contribution >= 0.6 is 15.9 Å². The highest BCUT2D eigenvalue weighted by Gasteiger charge is 2.05. The number of carbonyl (C=O) groups is 2. The van der Waals surface area contributed by atoms with Crippen LogP contribution in [-0.4, -0.2) is 25.5 Å². The average Bonchev–Trinajstić information content (AvgIpc) is 2.55. The minimum Gasteiger partial charge on any atom is -0.493 e. The lowest BCUT2D eigenvalue weighted by Crippen LogP contribution is -2.18. The Balaban J connectivity index is 1.79. The Morgan fingerprint density at radius 3 is 2.52 bits per heavy atom. The number of benzene rings is 2. The topological polar surface area (TPSA) is 67.4 Å². The van der Waals surface area contributed by atoms with Crippen molar-refractivity contribution >= 4 is 33.4 Å². The van der Waals surface area contributed by atoms with E-state index in [1.54, 1.807) is 31.3 Å². The molecule has 23 heavy (non-hydrogen) atoms. The van der Waals surface area contributed by atoms with Crippen LogP contribution in [0.1, 0.15) is 16.8 Å². The summed E-state index contributed by atoms with van der Waals surface area (Å²) in [5.41, 5.74) is 1.19.